The van der Waals surface area contributed by atoms with Crippen LogP contribution < -0.4 is 0 Å². The first-order valence-electron chi connectivity index (χ1n) is 9.78. The van der Waals surface area contributed by atoms with Crippen molar-refractivity contribution in [3.05, 3.63) is 0 Å². The lowest BCUT2D eigenvalue weighted by atomic mass is 10.1. The van der Waals surface area contributed by atoms with Gasteiger partial charge in [-0.1, -0.05) is 47.5 Å². The second-order valence-electron chi connectivity index (χ2n) is 6.33. The molecule has 1 saturated heterocycles. The standard InChI is InChI=1S/C17H36N2O.C2H6/c1-4-6-14-20-15-8-7-9-18-10-12-19(13-11-18)16-17(3)5-2;1-2/h17H,4-16H2,1-3H3;1-2H3. The SMILES string of the molecule is CC.CCCCOCCCCN1CCN(CC(C)CC)CC1. The van der Waals surface area contributed by atoms with Crippen molar-refractivity contribution in [1.29, 1.82) is 0 Å². The summed E-state index contributed by atoms with van der Waals surface area (Å²) in [5, 5.41) is 0. The van der Waals surface area contributed by atoms with Crippen LogP contribution in [0.15, 0.2) is 0 Å². The van der Waals surface area contributed by atoms with Crippen molar-refractivity contribution >= 4 is 0 Å². The topological polar surface area (TPSA) is 15.7 Å². The minimum Gasteiger partial charge on any atom is -0.381 e. The van der Waals surface area contributed by atoms with E-state index in [1.54, 1.807) is 0 Å². The first-order valence-corrected chi connectivity index (χ1v) is 9.78. The Balaban J connectivity index is 0.00000211. The van der Waals surface area contributed by atoms with Gasteiger partial charge in [-0.3, -0.25) is 0 Å². The van der Waals surface area contributed by atoms with E-state index in [9.17, 15) is 0 Å². The van der Waals surface area contributed by atoms with Gasteiger partial charge in [-0.05, 0) is 31.7 Å². The van der Waals surface area contributed by atoms with E-state index in [0.717, 1.165) is 19.1 Å². The Kier molecular flexibility index (Phi) is 15.7. The first-order chi connectivity index (χ1) is 10.8. The minimum atomic E-state index is 0.849. The third-order valence-electron chi connectivity index (χ3n) is 4.39. The fraction of sp³-hybridized carbons (Fsp3) is 1.00. The van der Waals surface area contributed by atoms with E-state index >= 15 is 0 Å². The third-order valence-corrected chi connectivity index (χ3v) is 4.39. The van der Waals surface area contributed by atoms with E-state index < -0.39 is 0 Å². The van der Waals surface area contributed by atoms with E-state index in [2.05, 4.69) is 30.6 Å². The molecule has 0 spiro atoms. The summed E-state index contributed by atoms with van der Waals surface area (Å²) in [5.41, 5.74) is 0. The molecule has 1 aliphatic rings. The number of hydrogen-bond acceptors (Lipinski definition) is 3. The lowest BCUT2D eigenvalue weighted by Gasteiger charge is -2.35. The molecule has 0 aromatic heterocycles. The molecule has 0 aromatic rings. The zero-order valence-corrected chi connectivity index (χ0v) is 16.1. The molecule has 1 unspecified atom stereocenters. The maximum Gasteiger partial charge on any atom is 0.0466 e. The van der Waals surface area contributed by atoms with E-state index in [0.29, 0.717) is 0 Å². The Morgan fingerprint density at radius 3 is 2.05 bits per heavy atom. The van der Waals surface area contributed by atoms with Crippen LogP contribution in [0.5, 0.6) is 0 Å². The maximum absolute atomic E-state index is 5.61. The molecule has 0 aromatic carbocycles. The monoisotopic (exact) mass is 314 g/mol. The van der Waals surface area contributed by atoms with Gasteiger partial charge in [0.2, 0.25) is 0 Å². The van der Waals surface area contributed by atoms with Crippen LogP contribution in [0, 0.1) is 5.92 Å². The van der Waals surface area contributed by atoms with Gasteiger partial charge in [0, 0.05) is 45.9 Å². The third kappa shape index (κ3) is 11.4. The highest BCUT2D eigenvalue weighted by molar-refractivity contribution is 4.73. The van der Waals surface area contributed by atoms with Gasteiger partial charge in [-0.15, -0.1) is 0 Å². The van der Waals surface area contributed by atoms with Crippen molar-refractivity contribution in [3.63, 3.8) is 0 Å². The summed E-state index contributed by atoms with van der Waals surface area (Å²) in [4.78, 5) is 5.26. The van der Waals surface area contributed by atoms with Crippen molar-refractivity contribution in [2.75, 3.05) is 52.5 Å². The number of unbranched alkanes of at least 4 members (excludes halogenated alkanes) is 2. The molecule has 0 N–H and O–H groups in total. The molecule has 3 heteroatoms. The molecule has 0 bridgehead atoms. The molecule has 1 aliphatic heterocycles. The quantitative estimate of drug-likeness (QED) is 0.530. The Morgan fingerprint density at radius 2 is 1.45 bits per heavy atom. The lowest BCUT2D eigenvalue weighted by Crippen LogP contribution is -2.47. The van der Waals surface area contributed by atoms with E-state index in [4.69, 9.17) is 4.74 Å². The maximum atomic E-state index is 5.61. The second-order valence-corrected chi connectivity index (χ2v) is 6.33. The van der Waals surface area contributed by atoms with Crippen LogP contribution in [-0.4, -0.2) is 62.3 Å². The highest BCUT2D eigenvalue weighted by Crippen LogP contribution is 2.08. The summed E-state index contributed by atoms with van der Waals surface area (Å²) >= 11 is 0. The van der Waals surface area contributed by atoms with Crippen molar-refractivity contribution in [2.45, 2.75) is 66.7 Å². The number of nitrogens with zero attached hydrogens (tertiary/aromatic N) is 2. The fourth-order valence-electron chi connectivity index (χ4n) is 2.65. The van der Waals surface area contributed by atoms with Gasteiger partial charge in [0.05, 0.1) is 0 Å². The molecule has 0 radical (unpaired) electrons. The highest BCUT2D eigenvalue weighted by Gasteiger charge is 2.17. The molecule has 0 amide bonds. The zero-order valence-electron chi connectivity index (χ0n) is 16.1. The molecular formula is C19H42N2O. The number of hydrogen-bond donors (Lipinski definition) is 0. The predicted molar refractivity (Wildman–Crippen MR) is 98.6 cm³/mol. The van der Waals surface area contributed by atoms with Gasteiger partial charge in [0.25, 0.3) is 0 Å². The molecular weight excluding hydrogens is 272 g/mol. The Labute approximate surface area is 140 Å². The molecule has 3 nitrogen and oxygen atoms in total. The summed E-state index contributed by atoms with van der Waals surface area (Å²) in [7, 11) is 0. The van der Waals surface area contributed by atoms with Gasteiger partial charge in [0.15, 0.2) is 0 Å². The molecule has 1 rings (SSSR count). The second kappa shape index (κ2) is 15.8. The summed E-state index contributed by atoms with van der Waals surface area (Å²) < 4.78 is 5.61. The number of rotatable bonds is 11. The summed E-state index contributed by atoms with van der Waals surface area (Å²) in [5.74, 6) is 0.849. The van der Waals surface area contributed by atoms with Crippen molar-refractivity contribution in [3.8, 4) is 0 Å². The van der Waals surface area contributed by atoms with Crippen LogP contribution in [0.1, 0.15) is 66.7 Å². The molecule has 1 fully saturated rings. The van der Waals surface area contributed by atoms with Crippen molar-refractivity contribution < 1.29 is 4.74 Å². The Morgan fingerprint density at radius 1 is 0.864 bits per heavy atom. The smallest absolute Gasteiger partial charge is 0.0466 e. The molecule has 134 valence electrons. The fourth-order valence-corrected chi connectivity index (χ4v) is 2.65. The predicted octanol–water partition coefficient (Wildman–Crippen LogP) is 4.27. The van der Waals surface area contributed by atoms with E-state index in [1.165, 1.54) is 71.4 Å². The molecule has 1 heterocycles. The van der Waals surface area contributed by atoms with Gasteiger partial charge >= 0.3 is 0 Å². The summed E-state index contributed by atoms with van der Waals surface area (Å²) in [6.45, 7) is 20.4. The average Bonchev–Trinajstić information content (AvgIpc) is 2.57. The summed E-state index contributed by atoms with van der Waals surface area (Å²) in [6, 6.07) is 0. The normalized spacial score (nSPS) is 17.9. The average molecular weight is 315 g/mol. The van der Waals surface area contributed by atoms with Crippen LogP contribution in [0.3, 0.4) is 0 Å². The van der Waals surface area contributed by atoms with Gasteiger partial charge in [-0.25, -0.2) is 0 Å². The van der Waals surface area contributed by atoms with Gasteiger partial charge in [0.1, 0.15) is 0 Å². The zero-order chi connectivity index (χ0) is 16.6. The van der Waals surface area contributed by atoms with Gasteiger partial charge in [-0.2, -0.15) is 0 Å². The number of ether oxygens (including phenoxy) is 1. The van der Waals surface area contributed by atoms with Crippen molar-refractivity contribution in [1.82, 2.24) is 9.80 Å². The molecule has 1 atom stereocenters. The van der Waals surface area contributed by atoms with Crippen LogP contribution in [0.2, 0.25) is 0 Å². The van der Waals surface area contributed by atoms with Crippen LogP contribution >= 0.6 is 0 Å². The molecule has 0 aliphatic carbocycles. The Bertz CT molecular complexity index is 215. The van der Waals surface area contributed by atoms with Crippen LogP contribution in [0.4, 0.5) is 0 Å². The van der Waals surface area contributed by atoms with Crippen molar-refractivity contribution in [2.24, 2.45) is 5.92 Å². The summed E-state index contributed by atoms with van der Waals surface area (Å²) in [6.07, 6.45) is 6.26. The number of piperazine rings is 1. The molecule has 22 heavy (non-hydrogen) atoms. The van der Waals surface area contributed by atoms with E-state index in [-0.39, 0.29) is 0 Å². The molecule has 0 saturated carbocycles. The minimum absolute atomic E-state index is 0.849. The largest absolute Gasteiger partial charge is 0.381 e. The van der Waals surface area contributed by atoms with Crippen LogP contribution in [-0.2, 0) is 4.74 Å². The van der Waals surface area contributed by atoms with E-state index in [1.807, 2.05) is 13.8 Å². The first kappa shape index (κ1) is 21.9. The highest BCUT2D eigenvalue weighted by atomic mass is 16.5. The Hall–Kier alpha value is -0.120. The lowest BCUT2D eigenvalue weighted by molar-refractivity contribution is 0.105. The van der Waals surface area contributed by atoms with Gasteiger partial charge < -0.3 is 14.5 Å². The van der Waals surface area contributed by atoms with Crippen LogP contribution in [0.25, 0.3) is 0 Å².